The first-order chi connectivity index (χ1) is 14.2. The van der Waals surface area contributed by atoms with Gasteiger partial charge in [0.05, 0.1) is 16.9 Å². The first-order valence-electron chi connectivity index (χ1n) is 9.91. The molecule has 4 rings (SSSR count). The van der Waals surface area contributed by atoms with Gasteiger partial charge in [-0.2, -0.15) is 0 Å². The van der Waals surface area contributed by atoms with Crippen LogP contribution in [0.1, 0.15) is 16.8 Å². The molecule has 150 valence electrons. The van der Waals surface area contributed by atoms with Crippen LogP contribution < -0.4 is 10.2 Å². The van der Waals surface area contributed by atoms with Crippen molar-refractivity contribution in [3.8, 4) is 0 Å². The highest BCUT2D eigenvalue weighted by Crippen LogP contribution is 2.36. The van der Waals surface area contributed by atoms with E-state index in [1.807, 2.05) is 12.1 Å². The lowest BCUT2D eigenvalue weighted by Crippen LogP contribution is -2.47. The summed E-state index contributed by atoms with van der Waals surface area (Å²) in [5.74, 6) is 0.164. The SMILES string of the molecule is C=CCN1CCN(CCC(=O)N2c3ccccc3C(=O)Nc3cccnc32)CC1. The first-order valence-corrected chi connectivity index (χ1v) is 9.91. The zero-order valence-electron chi connectivity index (χ0n) is 16.4. The fourth-order valence-electron chi connectivity index (χ4n) is 3.83. The lowest BCUT2D eigenvalue weighted by atomic mass is 10.1. The average Bonchev–Trinajstić information content (AvgIpc) is 2.87. The second kappa shape index (κ2) is 8.55. The minimum atomic E-state index is -0.233. The van der Waals surface area contributed by atoms with E-state index in [1.54, 1.807) is 41.4 Å². The van der Waals surface area contributed by atoms with Crippen molar-refractivity contribution in [2.24, 2.45) is 0 Å². The minimum Gasteiger partial charge on any atom is -0.319 e. The molecule has 0 saturated carbocycles. The number of hydrogen-bond acceptors (Lipinski definition) is 5. The lowest BCUT2D eigenvalue weighted by molar-refractivity contribution is -0.118. The number of carbonyl (C=O) groups is 2. The monoisotopic (exact) mass is 391 g/mol. The van der Waals surface area contributed by atoms with Crippen LogP contribution in [0.2, 0.25) is 0 Å². The second-order valence-electron chi connectivity index (χ2n) is 7.26. The van der Waals surface area contributed by atoms with E-state index in [0.29, 0.717) is 35.7 Å². The molecule has 1 saturated heterocycles. The van der Waals surface area contributed by atoms with Crippen molar-refractivity contribution in [1.82, 2.24) is 14.8 Å². The van der Waals surface area contributed by atoms with Crippen LogP contribution in [-0.2, 0) is 4.79 Å². The molecular weight excluding hydrogens is 366 g/mol. The molecule has 29 heavy (non-hydrogen) atoms. The van der Waals surface area contributed by atoms with Gasteiger partial charge in [-0.25, -0.2) is 4.98 Å². The average molecular weight is 391 g/mol. The molecule has 0 atom stereocenters. The molecular formula is C22H25N5O2. The third kappa shape index (κ3) is 4.06. The van der Waals surface area contributed by atoms with Gasteiger partial charge < -0.3 is 10.2 Å². The maximum Gasteiger partial charge on any atom is 0.257 e. The van der Waals surface area contributed by atoms with Gasteiger partial charge in [0.1, 0.15) is 0 Å². The molecule has 0 bridgehead atoms. The van der Waals surface area contributed by atoms with E-state index in [0.717, 1.165) is 32.7 Å². The summed E-state index contributed by atoms with van der Waals surface area (Å²) in [6.45, 7) is 9.22. The molecule has 0 spiro atoms. The van der Waals surface area contributed by atoms with Crippen LogP contribution in [0.15, 0.2) is 55.3 Å². The first kappa shape index (κ1) is 19.3. The van der Waals surface area contributed by atoms with Gasteiger partial charge in [-0.05, 0) is 24.3 Å². The van der Waals surface area contributed by atoms with E-state index in [9.17, 15) is 9.59 Å². The number of hydrogen-bond donors (Lipinski definition) is 1. The van der Waals surface area contributed by atoms with Gasteiger partial charge in [0, 0.05) is 51.9 Å². The van der Waals surface area contributed by atoms with E-state index in [4.69, 9.17) is 0 Å². The summed E-state index contributed by atoms with van der Waals surface area (Å²) in [5.41, 5.74) is 1.58. The Labute approximate surface area is 170 Å². The molecule has 1 aromatic heterocycles. The van der Waals surface area contributed by atoms with Crippen LogP contribution in [0.3, 0.4) is 0 Å². The third-order valence-electron chi connectivity index (χ3n) is 5.38. The van der Waals surface area contributed by atoms with Crippen molar-refractivity contribution in [3.63, 3.8) is 0 Å². The van der Waals surface area contributed by atoms with E-state index in [-0.39, 0.29) is 11.8 Å². The number of fused-ring (bicyclic) bond motifs is 2. The Balaban J connectivity index is 1.53. The summed E-state index contributed by atoms with van der Waals surface area (Å²) < 4.78 is 0. The van der Waals surface area contributed by atoms with Crippen molar-refractivity contribution in [3.05, 3.63) is 60.8 Å². The molecule has 2 aromatic rings. The highest BCUT2D eigenvalue weighted by molar-refractivity contribution is 6.17. The smallest absolute Gasteiger partial charge is 0.257 e. The van der Waals surface area contributed by atoms with E-state index < -0.39 is 0 Å². The van der Waals surface area contributed by atoms with Gasteiger partial charge in [-0.1, -0.05) is 18.2 Å². The molecule has 0 aliphatic carbocycles. The van der Waals surface area contributed by atoms with Crippen molar-refractivity contribution < 1.29 is 9.59 Å². The topological polar surface area (TPSA) is 68.8 Å². The molecule has 0 unspecified atom stereocenters. The van der Waals surface area contributed by atoms with Crippen molar-refractivity contribution >= 4 is 29.0 Å². The number of nitrogens with zero attached hydrogens (tertiary/aromatic N) is 4. The van der Waals surface area contributed by atoms with Gasteiger partial charge in [-0.15, -0.1) is 6.58 Å². The predicted octanol–water partition coefficient (Wildman–Crippen LogP) is 2.51. The molecule has 2 amide bonds. The number of aromatic nitrogens is 1. The summed E-state index contributed by atoms with van der Waals surface area (Å²) in [6.07, 6.45) is 3.92. The van der Waals surface area contributed by atoms with Gasteiger partial charge >= 0.3 is 0 Å². The highest BCUT2D eigenvalue weighted by atomic mass is 16.2. The normalized spacial score (nSPS) is 17.1. The van der Waals surface area contributed by atoms with E-state index in [2.05, 4.69) is 26.7 Å². The zero-order chi connectivity index (χ0) is 20.2. The molecule has 7 heteroatoms. The summed E-state index contributed by atoms with van der Waals surface area (Å²) in [4.78, 5) is 36.6. The quantitative estimate of drug-likeness (QED) is 0.793. The maximum absolute atomic E-state index is 13.3. The minimum absolute atomic E-state index is 0.0672. The Morgan fingerprint density at radius 2 is 1.86 bits per heavy atom. The van der Waals surface area contributed by atoms with Crippen LogP contribution >= 0.6 is 0 Å². The number of benzene rings is 1. The molecule has 0 radical (unpaired) electrons. The standard InChI is InChI=1S/C22H25N5O2/c1-2-11-25-13-15-26(16-14-25)12-9-20(28)27-19-8-4-3-6-17(19)22(29)24-18-7-5-10-23-21(18)27/h2-8,10H,1,9,11-16H2,(H,24,29). The van der Waals surface area contributed by atoms with Crippen LogP contribution in [0.4, 0.5) is 17.2 Å². The summed E-state index contributed by atoms with van der Waals surface area (Å²) in [7, 11) is 0. The molecule has 2 aliphatic heterocycles. The molecule has 2 aliphatic rings. The lowest BCUT2D eigenvalue weighted by Gasteiger charge is -2.34. The molecule has 1 fully saturated rings. The Morgan fingerprint density at radius 3 is 2.66 bits per heavy atom. The van der Waals surface area contributed by atoms with Gasteiger partial charge in [0.2, 0.25) is 5.91 Å². The maximum atomic E-state index is 13.3. The summed E-state index contributed by atoms with van der Waals surface area (Å²) in [5, 5.41) is 2.87. The van der Waals surface area contributed by atoms with E-state index in [1.165, 1.54) is 0 Å². The third-order valence-corrected chi connectivity index (χ3v) is 5.38. The number of amides is 2. The van der Waals surface area contributed by atoms with E-state index >= 15 is 0 Å². The number of pyridine rings is 1. The van der Waals surface area contributed by atoms with Crippen LogP contribution in [0.5, 0.6) is 0 Å². The zero-order valence-corrected chi connectivity index (χ0v) is 16.4. The van der Waals surface area contributed by atoms with Crippen LogP contribution in [0, 0.1) is 0 Å². The second-order valence-corrected chi connectivity index (χ2v) is 7.26. The largest absolute Gasteiger partial charge is 0.319 e. The molecule has 3 heterocycles. The Hall–Kier alpha value is -3.03. The fourth-order valence-corrected chi connectivity index (χ4v) is 3.83. The number of carbonyl (C=O) groups excluding carboxylic acids is 2. The van der Waals surface area contributed by atoms with Crippen molar-refractivity contribution in [2.75, 3.05) is 49.5 Å². The Bertz CT molecular complexity index is 921. The number of anilines is 3. The van der Waals surface area contributed by atoms with Crippen LogP contribution in [-0.4, -0.2) is 65.9 Å². The predicted molar refractivity (Wildman–Crippen MR) is 113 cm³/mol. The highest BCUT2D eigenvalue weighted by Gasteiger charge is 2.30. The number of para-hydroxylation sites is 1. The number of nitrogens with one attached hydrogen (secondary N) is 1. The fraction of sp³-hybridized carbons (Fsp3) is 0.318. The van der Waals surface area contributed by atoms with Crippen molar-refractivity contribution in [1.29, 1.82) is 0 Å². The molecule has 7 nitrogen and oxygen atoms in total. The van der Waals surface area contributed by atoms with Gasteiger partial charge in [-0.3, -0.25) is 19.4 Å². The van der Waals surface area contributed by atoms with Gasteiger partial charge in [0.15, 0.2) is 5.82 Å². The van der Waals surface area contributed by atoms with Crippen LogP contribution in [0.25, 0.3) is 0 Å². The van der Waals surface area contributed by atoms with Crippen molar-refractivity contribution in [2.45, 2.75) is 6.42 Å². The molecule has 1 N–H and O–H groups in total. The Kier molecular flexibility index (Phi) is 5.69. The van der Waals surface area contributed by atoms with Gasteiger partial charge in [0.25, 0.3) is 5.91 Å². The summed E-state index contributed by atoms with van der Waals surface area (Å²) in [6, 6.07) is 10.7. The number of piperazine rings is 1. The summed E-state index contributed by atoms with van der Waals surface area (Å²) >= 11 is 0. The number of rotatable bonds is 5. The molecule has 1 aromatic carbocycles. The Morgan fingerprint density at radius 1 is 1.10 bits per heavy atom.